The van der Waals surface area contributed by atoms with Gasteiger partial charge in [-0.15, -0.1) is 0 Å². The van der Waals surface area contributed by atoms with Crippen LogP contribution >= 0.6 is 0 Å². The van der Waals surface area contributed by atoms with Gasteiger partial charge in [0.15, 0.2) is 0 Å². The third-order valence-electron chi connectivity index (χ3n) is 6.99. The lowest BCUT2D eigenvalue weighted by atomic mass is 9.94. The quantitative estimate of drug-likeness (QED) is 0.362. The van der Waals surface area contributed by atoms with Crippen molar-refractivity contribution in [1.82, 2.24) is 15.5 Å². The van der Waals surface area contributed by atoms with Crippen LogP contribution in [0.15, 0.2) is 77.0 Å². The zero-order valence-electron chi connectivity index (χ0n) is 20.5. The Morgan fingerprint density at radius 2 is 1.89 bits per heavy atom. The maximum Gasteiger partial charge on any atom is 0.326 e. The van der Waals surface area contributed by atoms with Gasteiger partial charge in [-0.2, -0.15) is 4.98 Å². The number of methoxy groups -OCH3 is 1. The Kier molecular flexibility index (Phi) is 5.71. The molecule has 6 rings (SSSR count). The van der Waals surface area contributed by atoms with Gasteiger partial charge in [-0.05, 0) is 79.3 Å². The van der Waals surface area contributed by atoms with Crippen LogP contribution in [0.4, 0.5) is 14.9 Å². The van der Waals surface area contributed by atoms with Gasteiger partial charge in [-0.25, -0.2) is 9.18 Å². The van der Waals surface area contributed by atoms with E-state index in [0.717, 1.165) is 30.5 Å². The van der Waals surface area contributed by atoms with Crippen LogP contribution in [-0.4, -0.2) is 23.3 Å². The van der Waals surface area contributed by atoms with E-state index in [1.54, 1.807) is 24.1 Å². The molecule has 186 valence electrons. The second-order valence-electron chi connectivity index (χ2n) is 9.23. The largest absolute Gasteiger partial charge is 0.497 e. The van der Waals surface area contributed by atoms with E-state index in [4.69, 9.17) is 9.26 Å². The van der Waals surface area contributed by atoms with Crippen molar-refractivity contribution < 1.29 is 18.4 Å². The zero-order valence-corrected chi connectivity index (χ0v) is 20.5. The van der Waals surface area contributed by atoms with Gasteiger partial charge < -0.3 is 14.6 Å². The fourth-order valence-electron chi connectivity index (χ4n) is 5.18. The van der Waals surface area contributed by atoms with Gasteiger partial charge in [0.1, 0.15) is 11.6 Å². The molecule has 2 amide bonds. The van der Waals surface area contributed by atoms with E-state index in [1.165, 1.54) is 23.3 Å². The third kappa shape index (κ3) is 4.14. The Bertz CT molecular complexity index is 1540. The van der Waals surface area contributed by atoms with Crippen LogP contribution in [0.1, 0.15) is 42.0 Å². The molecule has 0 spiro atoms. The Balaban J connectivity index is 1.48. The summed E-state index contributed by atoms with van der Waals surface area (Å²) in [5.41, 5.74) is 5.88. The van der Waals surface area contributed by atoms with Crippen molar-refractivity contribution in [3.8, 4) is 17.1 Å². The number of anilines is 1. The minimum Gasteiger partial charge on any atom is -0.497 e. The molecular formula is C29H25FN4O3. The van der Waals surface area contributed by atoms with Crippen molar-refractivity contribution in [3.05, 3.63) is 101 Å². The highest BCUT2D eigenvalue weighted by molar-refractivity contribution is 6.01. The molecule has 3 aromatic carbocycles. The van der Waals surface area contributed by atoms with Gasteiger partial charge >= 0.3 is 6.03 Å². The Labute approximate surface area is 213 Å². The molecule has 2 heterocycles. The van der Waals surface area contributed by atoms with Crippen LogP contribution < -0.4 is 15.0 Å². The number of aromatic nitrogens is 2. The van der Waals surface area contributed by atoms with Crippen LogP contribution in [-0.2, 0) is 12.8 Å². The van der Waals surface area contributed by atoms with Gasteiger partial charge in [0.25, 0.3) is 5.89 Å². The van der Waals surface area contributed by atoms with Crippen molar-refractivity contribution in [2.75, 3.05) is 12.0 Å². The number of hydrogen-bond acceptors (Lipinski definition) is 5. The monoisotopic (exact) mass is 496 g/mol. The van der Waals surface area contributed by atoms with Crippen molar-refractivity contribution in [2.45, 2.75) is 32.2 Å². The van der Waals surface area contributed by atoms with Crippen LogP contribution in [0.5, 0.6) is 5.75 Å². The molecule has 1 aliphatic carbocycles. The first-order chi connectivity index (χ1) is 18.0. The van der Waals surface area contributed by atoms with Crippen LogP contribution in [0.25, 0.3) is 17.0 Å². The average molecular weight is 497 g/mol. The maximum atomic E-state index is 14.2. The van der Waals surface area contributed by atoms with Crippen molar-refractivity contribution in [1.29, 1.82) is 0 Å². The summed E-state index contributed by atoms with van der Waals surface area (Å²) in [6.45, 7) is 1.85. The predicted molar refractivity (Wildman–Crippen MR) is 137 cm³/mol. The highest BCUT2D eigenvalue weighted by Crippen LogP contribution is 2.40. The number of nitrogens with one attached hydrogen (secondary N) is 1. The highest BCUT2D eigenvalue weighted by Gasteiger charge is 2.37. The number of hydrogen-bond donors (Lipinski definition) is 1. The molecule has 0 fully saturated rings. The molecule has 0 bridgehead atoms. The third-order valence-corrected chi connectivity index (χ3v) is 6.99. The number of fused-ring (bicyclic) bond motifs is 1. The summed E-state index contributed by atoms with van der Waals surface area (Å²) in [5, 5.41) is 7.24. The molecule has 8 heteroatoms. The van der Waals surface area contributed by atoms with Gasteiger partial charge in [0.05, 0.1) is 24.4 Å². The molecule has 1 N–H and O–H groups in total. The van der Waals surface area contributed by atoms with E-state index in [2.05, 4.69) is 27.6 Å². The molecule has 0 saturated heterocycles. The normalized spacial score (nSPS) is 17.1. The number of halogens is 1. The number of carbonyl (C=O) groups is 1. The number of carbonyl (C=O) groups excluding carboxylic acids is 1. The minimum absolute atomic E-state index is 0.246. The van der Waals surface area contributed by atoms with Gasteiger partial charge in [0, 0.05) is 11.3 Å². The molecule has 1 aliphatic heterocycles. The maximum absolute atomic E-state index is 14.2. The first kappa shape index (κ1) is 23.0. The summed E-state index contributed by atoms with van der Waals surface area (Å²) in [4.78, 5) is 19.8. The van der Waals surface area contributed by atoms with E-state index in [1.807, 2.05) is 37.3 Å². The van der Waals surface area contributed by atoms with Crippen molar-refractivity contribution in [3.63, 3.8) is 0 Å². The molecule has 1 unspecified atom stereocenters. The zero-order chi connectivity index (χ0) is 25.5. The van der Waals surface area contributed by atoms with E-state index in [0.29, 0.717) is 28.4 Å². The van der Waals surface area contributed by atoms with Crippen LogP contribution in [0.3, 0.4) is 0 Å². The summed E-state index contributed by atoms with van der Waals surface area (Å²) < 4.78 is 25.3. The molecule has 2 aliphatic rings. The van der Waals surface area contributed by atoms with Crippen LogP contribution in [0.2, 0.25) is 0 Å². The van der Waals surface area contributed by atoms with Gasteiger partial charge in [-0.1, -0.05) is 35.5 Å². The number of benzene rings is 3. The molecule has 0 saturated carbocycles. The number of rotatable bonds is 5. The van der Waals surface area contributed by atoms with Crippen LogP contribution in [0, 0.1) is 5.82 Å². The average Bonchev–Trinajstić information content (AvgIpc) is 3.58. The number of ether oxygens (including phenoxy) is 1. The lowest BCUT2D eigenvalue weighted by molar-refractivity contribution is 0.244. The predicted octanol–water partition coefficient (Wildman–Crippen LogP) is 6.08. The lowest BCUT2D eigenvalue weighted by Gasteiger charge is -2.35. The van der Waals surface area contributed by atoms with Crippen molar-refractivity contribution in [2.24, 2.45) is 0 Å². The smallest absolute Gasteiger partial charge is 0.326 e. The summed E-state index contributed by atoms with van der Waals surface area (Å²) >= 11 is 0. The second kappa shape index (κ2) is 9.20. The van der Waals surface area contributed by atoms with E-state index in [9.17, 15) is 9.18 Å². The molecule has 4 aromatic rings. The second-order valence-corrected chi connectivity index (χ2v) is 9.23. The summed E-state index contributed by atoms with van der Waals surface area (Å²) in [7, 11) is 1.59. The fourth-order valence-corrected chi connectivity index (χ4v) is 5.18. The highest BCUT2D eigenvalue weighted by atomic mass is 19.1. The number of nitrogens with zero attached hydrogens (tertiary/aromatic N) is 3. The standard InChI is InChI=1S/C29H25FN4O3/c1-17-25(28-32-27(33-37-28)21-9-5-11-24(16-21)36-2)26(20-8-4-10-22(30)14-20)31-29(35)34(17)23-13-12-18-6-3-7-19(18)15-23/h4-5,8-16,26H,3,6-7H2,1-2H3,(H,31,35). The number of urea groups is 1. The minimum atomic E-state index is -0.674. The Morgan fingerprint density at radius 1 is 1.05 bits per heavy atom. The fraction of sp³-hybridized carbons (Fsp3) is 0.207. The summed E-state index contributed by atoms with van der Waals surface area (Å²) in [6.07, 6.45) is 3.16. The first-order valence-corrected chi connectivity index (χ1v) is 12.2. The topological polar surface area (TPSA) is 80.5 Å². The molecule has 0 radical (unpaired) electrons. The Morgan fingerprint density at radius 3 is 2.73 bits per heavy atom. The van der Waals surface area contributed by atoms with E-state index in [-0.39, 0.29) is 11.9 Å². The molecule has 1 aromatic heterocycles. The lowest BCUT2D eigenvalue weighted by Crippen LogP contribution is -2.46. The van der Waals surface area contributed by atoms with E-state index < -0.39 is 11.9 Å². The molecule has 7 nitrogen and oxygen atoms in total. The Hall–Kier alpha value is -4.46. The number of aryl methyl sites for hydroxylation is 2. The first-order valence-electron chi connectivity index (χ1n) is 12.2. The SMILES string of the molecule is COc1cccc(-c2noc(C3=C(C)N(c4ccc5c(c4)CCC5)C(=O)NC3c3cccc(F)c3)n2)c1. The van der Waals surface area contributed by atoms with Gasteiger partial charge in [-0.3, -0.25) is 4.90 Å². The van der Waals surface area contributed by atoms with Crippen molar-refractivity contribution >= 4 is 17.3 Å². The number of allylic oxidation sites excluding steroid dienone is 1. The molecular weight excluding hydrogens is 471 g/mol. The number of amides is 2. The van der Waals surface area contributed by atoms with E-state index >= 15 is 0 Å². The summed E-state index contributed by atoms with van der Waals surface area (Å²) in [5.74, 6) is 0.904. The summed E-state index contributed by atoms with van der Waals surface area (Å²) in [6, 6.07) is 18.7. The molecule has 1 atom stereocenters. The molecule has 37 heavy (non-hydrogen) atoms. The van der Waals surface area contributed by atoms with Gasteiger partial charge in [0.2, 0.25) is 5.82 Å².